The van der Waals surface area contributed by atoms with Gasteiger partial charge in [-0.1, -0.05) is 64.1 Å². The number of nitrogens with zero attached hydrogens (tertiary/aromatic N) is 4. The molecule has 1 saturated carbocycles. The number of likely N-dealkylation sites (tertiary alicyclic amines) is 2. The molecule has 3 aliphatic rings. The smallest absolute Gasteiger partial charge is 0.407 e. The Hall–Kier alpha value is -5.92. The molecule has 59 heavy (non-hydrogen) atoms. The van der Waals surface area contributed by atoms with Crippen molar-refractivity contribution in [1.82, 2.24) is 40.4 Å². The van der Waals surface area contributed by atoms with Crippen LogP contribution in [0, 0.1) is 11.8 Å². The van der Waals surface area contributed by atoms with Crippen molar-refractivity contribution in [2.75, 3.05) is 27.3 Å². The Morgan fingerprint density at radius 2 is 1.32 bits per heavy atom. The van der Waals surface area contributed by atoms with E-state index in [1.807, 2.05) is 43.7 Å². The first kappa shape index (κ1) is 39.9. The average molecular weight is 803 g/mol. The lowest BCUT2D eigenvalue weighted by atomic mass is 9.94. The molecule has 4 heterocycles. The molecule has 4 N–H and O–H groups in total. The summed E-state index contributed by atoms with van der Waals surface area (Å²) in [6, 6.07) is 15.5. The molecular weight excluding hydrogens is 749 g/mol. The van der Waals surface area contributed by atoms with Crippen LogP contribution in [-0.2, 0) is 19.1 Å². The van der Waals surface area contributed by atoms with Crippen LogP contribution >= 0.6 is 0 Å². The number of amides is 4. The molecule has 0 bridgehead atoms. The standard InChI is InChI=1S/C45H54N8O6/c1-24(2)37(50-44(56)58-5)42(54)52-19-7-9-35(52)40-46-23-34(48-40)31-17-14-28(22-32(31)26-11-12-26)27-13-16-30-29(21-27)15-18-33-39(30)49-41(47-33)36-10-8-20-53(36)43(55)38(25(3)4)51-45(57)59-6/h13-18,21-26,35-38H,7-12,19-20H2,1-6H3,(H,46,48)(H,47,49)(H,50,56)(H,51,57)/t35-,36-,37-,38-/m0/s1. The molecule has 8 rings (SSSR count). The number of aromatic amines is 2. The molecule has 14 nitrogen and oxygen atoms in total. The molecule has 4 amide bonds. The molecule has 310 valence electrons. The molecule has 2 aliphatic heterocycles. The summed E-state index contributed by atoms with van der Waals surface area (Å²) >= 11 is 0. The summed E-state index contributed by atoms with van der Waals surface area (Å²) in [5.74, 6) is 1.49. The fourth-order valence-corrected chi connectivity index (χ4v) is 8.91. The first-order valence-electron chi connectivity index (χ1n) is 20.9. The van der Waals surface area contributed by atoms with Crippen LogP contribution in [0.1, 0.15) is 101 Å². The number of nitrogens with one attached hydrogen (secondary N) is 4. The van der Waals surface area contributed by atoms with Gasteiger partial charge in [0.2, 0.25) is 11.8 Å². The highest BCUT2D eigenvalue weighted by Gasteiger charge is 2.39. The zero-order valence-corrected chi connectivity index (χ0v) is 34.6. The minimum absolute atomic E-state index is 0.106. The SMILES string of the molecule is COC(=O)N[C@H](C(=O)N1CCC[C@H]1c1ncc(-c2ccc(-c3ccc4c(ccc5[nH]c([C@@H]6CCCN6C(=O)[C@@H](NC(=O)OC)C(C)C)nc54)c3)cc2C2CC2)[nH]1)C(C)C. The van der Waals surface area contributed by atoms with Gasteiger partial charge < -0.3 is 39.9 Å². The number of benzene rings is 3. The van der Waals surface area contributed by atoms with Crippen LogP contribution < -0.4 is 10.6 Å². The molecule has 5 aromatic rings. The maximum atomic E-state index is 13.7. The minimum Gasteiger partial charge on any atom is -0.453 e. The molecule has 2 aromatic heterocycles. The molecule has 0 spiro atoms. The third kappa shape index (κ3) is 7.84. The maximum absolute atomic E-state index is 13.7. The van der Waals surface area contributed by atoms with E-state index in [4.69, 9.17) is 19.4 Å². The summed E-state index contributed by atoms with van der Waals surface area (Å²) in [6.07, 6.45) is 6.18. The Bertz CT molecular complexity index is 2400. The van der Waals surface area contributed by atoms with Gasteiger partial charge in [-0.2, -0.15) is 0 Å². The number of rotatable bonds is 11. The van der Waals surface area contributed by atoms with Crippen molar-refractivity contribution in [3.8, 4) is 22.4 Å². The number of aromatic nitrogens is 4. The Labute approximate surface area is 343 Å². The molecule has 1 aliphatic carbocycles. The summed E-state index contributed by atoms with van der Waals surface area (Å²) < 4.78 is 9.59. The Balaban J connectivity index is 1.03. The molecule has 0 radical (unpaired) electrons. The predicted molar refractivity (Wildman–Crippen MR) is 224 cm³/mol. The van der Waals surface area contributed by atoms with Gasteiger partial charge in [-0.3, -0.25) is 9.59 Å². The highest BCUT2D eigenvalue weighted by molar-refractivity contribution is 6.05. The molecular formula is C45H54N8O6. The van der Waals surface area contributed by atoms with E-state index in [-0.39, 0.29) is 35.7 Å². The number of imidazole rings is 2. The van der Waals surface area contributed by atoms with Gasteiger partial charge in [-0.05, 0) is 90.5 Å². The number of fused-ring (bicyclic) bond motifs is 3. The van der Waals surface area contributed by atoms with Crippen molar-refractivity contribution in [2.45, 2.75) is 96.3 Å². The summed E-state index contributed by atoms with van der Waals surface area (Å²) in [6.45, 7) is 8.85. The number of H-pyrrole nitrogens is 2. The van der Waals surface area contributed by atoms with Crippen molar-refractivity contribution in [3.05, 3.63) is 71.9 Å². The number of carbonyl (C=O) groups is 4. The molecule has 2 saturated heterocycles. The van der Waals surface area contributed by atoms with Crippen molar-refractivity contribution in [2.24, 2.45) is 11.8 Å². The van der Waals surface area contributed by atoms with Gasteiger partial charge >= 0.3 is 12.2 Å². The van der Waals surface area contributed by atoms with Crippen LogP contribution in [0.4, 0.5) is 9.59 Å². The van der Waals surface area contributed by atoms with E-state index in [1.165, 1.54) is 19.8 Å². The van der Waals surface area contributed by atoms with Crippen molar-refractivity contribution in [3.63, 3.8) is 0 Å². The van der Waals surface area contributed by atoms with E-state index in [0.717, 1.165) is 94.4 Å². The fourth-order valence-electron chi connectivity index (χ4n) is 8.91. The summed E-state index contributed by atoms with van der Waals surface area (Å²) in [5.41, 5.74) is 7.34. The number of alkyl carbamates (subject to hydrolysis) is 2. The number of ether oxygens (including phenoxy) is 2. The highest BCUT2D eigenvalue weighted by atomic mass is 16.5. The number of hydrogen-bond donors (Lipinski definition) is 4. The van der Waals surface area contributed by atoms with E-state index in [0.29, 0.717) is 19.0 Å². The van der Waals surface area contributed by atoms with Gasteiger partial charge in [0.15, 0.2) is 0 Å². The first-order valence-corrected chi connectivity index (χ1v) is 20.9. The van der Waals surface area contributed by atoms with Crippen LogP contribution in [0.15, 0.2) is 54.7 Å². The third-order valence-corrected chi connectivity index (χ3v) is 12.3. The van der Waals surface area contributed by atoms with Crippen LogP contribution in [0.5, 0.6) is 0 Å². The van der Waals surface area contributed by atoms with Crippen molar-refractivity contribution >= 4 is 45.8 Å². The zero-order valence-electron chi connectivity index (χ0n) is 34.6. The fraction of sp³-hybridized carbons (Fsp3) is 0.467. The second-order valence-corrected chi connectivity index (χ2v) is 16.9. The minimum atomic E-state index is -0.694. The van der Waals surface area contributed by atoms with Crippen LogP contribution in [0.3, 0.4) is 0 Å². The van der Waals surface area contributed by atoms with E-state index in [2.05, 4.69) is 69.1 Å². The Morgan fingerprint density at radius 3 is 1.92 bits per heavy atom. The Morgan fingerprint density at radius 1 is 0.729 bits per heavy atom. The molecule has 3 aromatic carbocycles. The number of carbonyl (C=O) groups excluding carboxylic acids is 4. The molecule has 14 heteroatoms. The zero-order chi connectivity index (χ0) is 41.5. The van der Waals surface area contributed by atoms with Crippen LogP contribution in [0.2, 0.25) is 0 Å². The highest BCUT2D eigenvalue weighted by Crippen LogP contribution is 2.46. The summed E-state index contributed by atoms with van der Waals surface area (Å²) in [4.78, 5) is 72.2. The largest absolute Gasteiger partial charge is 0.453 e. The second-order valence-electron chi connectivity index (χ2n) is 16.9. The quantitative estimate of drug-likeness (QED) is 0.105. The Kier molecular flexibility index (Phi) is 11.1. The molecule has 3 fully saturated rings. The van der Waals surface area contributed by atoms with Gasteiger partial charge in [0.25, 0.3) is 0 Å². The predicted octanol–water partition coefficient (Wildman–Crippen LogP) is 7.74. The second kappa shape index (κ2) is 16.4. The third-order valence-electron chi connectivity index (χ3n) is 12.3. The van der Waals surface area contributed by atoms with Crippen molar-refractivity contribution < 1.29 is 28.7 Å². The van der Waals surface area contributed by atoms with Gasteiger partial charge in [-0.25, -0.2) is 19.6 Å². The number of methoxy groups -OCH3 is 2. The van der Waals surface area contributed by atoms with Gasteiger partial charge in [0, 0.05) is 24.0 Å². The maximum Gasteiger partial charge on any atom is 0.407 e. The monoisotopic (exact) mass is 802 g/mol. The van der Waals surface area contributed by atoms with E-state index in [9.17, 15) is 19.2 Å². The summed E-state index contributed by atoms with van der Waals surface area (Å²) in [5, 5.41) is 7.55. The lowest BCUT2D eigenvalue weighted by molar-refractivity contribution is -0.136. The lowest BCUT2D eigenvalue weighted by Crippen LogP contribution is -2.51. The average Bonchev–Trinajstić information content (AvgIpc) is 3.66. The summed E-state index contributed by atoms with van der Waals surface area (Å²) in [7, 11) is 2.60. The first-order chi connectivity index (χ1) is 28.4. The van der Waals surface area contributed by atoms with Crippen molar-refractivity contribution in [1.29, 1.82) is 0 Å². The lowest BCUT2D eigenvalue weighted by Gasteiger charge is -2.30. The number of hydrogen-bond acceptors (Lipinski definition) is 8. The van der Waals surface area contributed by atoms with Crippen LogP contribution in [-0.4, -0.2) is 93.1 Å². The van der Waals surface area contributed by atoms with Crippen LogP contribution in [0.25, 0.3) is 44.2 Å². The topological polar surface area (TPSA) is 175 Å². The molecule has 0 unspecified atom stereocenters. The van der Waals surface area contributed by atoms with E-state index in [1.54, 1.807) is 0 Å². The normalized spacial score (nSPS) is 19.1. The van der Waals surface area contributed by atoms with E-state index >= 15 is 0 Å². The molecule has 4 atom stereocenters. The van der Waals surface area contributed by atoms with Gasteiger partial charge in [0.1, 0.15) is 23.7 Å². The van der Waals surface area contributed by atoms with Gasteiger partial charge in [0.05, 0.1) is 49.2 Å². The van der Waals surface area contributed by atoms with Gasteiger partial charge in [-0.15, -0.1) is 0 Å². The van der Waals surface area contributed by atoms with E-state index < -0.39 is 24.3 Å².